The van der Waals surface area contributed by atoms with E-state index in [1.165, 1.54) is 4.88 Å². The van der Waals surface area contributed by atoms with E-state index < -0.39 is 0 Å². The first-order chi connectivity index (χ1) is 6.43. The summed E-state index contributed by atoms with van der Waals surface area (Å²) in [7, 11) is 0. The Kier molecular flexibility index (Phi) is 16.1. The van der Waals surface area contributed by atoms with Crippen LogP contribution in [0, 0.1) is 0 Å². The third-order valence-electron chi connectivity index (χ3n) is 1.06. The quantitative estimate of drug-likeness (QED) is 0.611. The van der Waals surface area contributed by atoms with Gasteiger partial charge in [0.25, 0.3) is 0 Å². The van der Waals surface area contributed by atoms with Crippen molar-refractivity contribution in [3.63, 3.8) is 0 Å². The zero-order valence-corrected chi connectivity index (χ0v) is 10.3. The number of hydrogen-bond acceptors (Lipinski definition) is 1. The molecule has 1 aromatic heterocycles. The van der Waals surface area contributed by atoms with Gasteiger partial charge in [0.05, 0.1) is 0 Å². The van der Waals surface area contributed by atoms with Crippen LogP contribution in [0.25, 0.3) is 6.08 Å². The molecule has 0 nitrogen and oxygen atoms in total. The van der Waals surface area contributed by atoms with Crippen molar-refractivity contribution in [2.75, 3.05) is 0 Å². The van der Waals surface area contributed by atoms with E-state index in [1.54, 1.807) is 11.3 Å². The van der Waals surface area contributed by atoms with Gasteiger partial charge in [0.15, 0.2) is 0 Å². The van der Waals surface area contributed by atoms with Gasteiger partial charge < -0.3 is 0 Å². The molecule has 0 bridgehead atoms. The zero-order chi connectivity index (χ0) is 10.5. The molecule has 0 aliphatic carbocycles. The van der Waals surface area contributed by atoms with Crippen LogP contribution in [0.4, 0.5) is 0 Å². The maximum atomic E-state index is 2.17. The third-order valence-corrected chi connectivity index (χ3v) is 1.90. The lowest BCUT2D eigenvalue weighted by Crippen LogP contribution is -1.54. The molecule has 0 aliphatic rings. The van der Waals surface area contributed by atoms with Crippen LogP contribution in [0.1, 0.15) is 45.9 Å². The summed E-state index contributed by atoms with van der Waals surface area (Å²) in [4.78, 5) is 1.34. The predicted octanol–water partition coefficient (Wildman–Crippen LogP) is 5.22. The molecule has 0 N–H and O–H groups in total. The summed E-state index contributed by atoms with van der Waals surface area (Å²) in [5.74, 6) is 0. The van der Waals surface area contributed by atoms with Crippen molar-refractivity contribution < 1.29 is 0 Å². The molecular formula is C12H22S. The lowest BCUT2D eigenvalue weighted by atomic mass is 10.4. The minimum absolute atomic E-state index is 1.12. The fraction of sp³-hybridized carbons (Fsp3) is 0.500. The summed E-state index contributed by atoms with van der Waals surface area (Å²) in [6.45, 7) is 10.1. The van der Waals surface area contributed by atoms with Crippen LogP contribution >= 0.6 is 11.3 Å². The molecule has 0 unspecified atom stereocenters. The first-order valence-electron chi connectivity index (χ1n) is 5.13. The van der Waals surface area contributed by atoms with E-state index in [9.17, 15) is 0 Å². The molecule has 13 heavy (non-hydrogen) atoms. The van der Waals surface area contributed by atoms with E-state index in [4.69, 9.17) is 0 Å². The van der Waals surface area contributed by atoms with Gasteiger partial charge in [-0.1, -0.05) is 46.8 Å². The first-order valence-corrected chi connectivity index (χ1v) is 6.01. The van der Waals surface area contributed by atoms with E-state index in [0.29, 0.717) is 0 Å². The van der Waals surface area contributed by atoms with Gasteiger partial charge in [-0.05, 0) is 23.9 Å². The summed E-state index contributed by atoms with van der Waals surface area (Å²) in [5, 5.41) is 2.09. The lowest BCUT2D eigenvalue weighted by molar-refractivity contribution is 1.23. The summed E-state index contributed by atoms with van der Waals surface area (Å²) in [6, 6.07) is 4.19. The minimum atomic E-state index is 1.12. The predicted molar refractivity (Wildman–Crippen MR) is 66.3 cm³/mol. The smallest absolute Gasteiger partial charge is 0.0267 e. The fourth-order valence-electron chi connectivity index (χ4n) is 0.620. The SMILES string of the molecule is CC.CC.CC/C=C/c1cccs1. The second kappa shape index (κ2) is 14.0. The molecule has 0 saturated carbocycles. The molecule has 1 aromatic rings. The van der Waals surface area contributed by atoms with Crippen molar-refractivity contribution in [3.8, 4) is 0 Å². The van der Waals surface area contributed by atoms with Crippen LogP contribution < -0.4 is 0 Å². The van der Waals surface area contributed by atoms with Crippen LogP contribution in [0.2, 0.25) is 0 Å². The first kappa shape index (κ1) is 14.9. The second-order valence-electron chi connectivity index (χ2n) is 1.83. The number of thiophene rings is 1. The molecule has 0 saturated heterocycles. The van der Waals surface area contributed by atoms with Crippen LogP contribution in [0.5, 0.6) is 0 Å². The van der Waals surface area contributed by atoms with Gasteiger partial charge in [-0.25, -0.2) is 0 Å². The monoisotopic (exact) mass is 198 g/mol. The maximum absolute atomic E-state index is 2.17. The molecule has 0 aromatic carbocycles. The van der Waals surface area contributed by atoms with Gasteiger partial charge in [0.1, 0.15) is 0 Å². The third kappa shape index (κ3) is 9.35. The Morgan fingerprint density at radius 2 is 1.85 bits per heavy atom. The van der Waals surface area contributed by atoms with Crippen molar-refractivity contribution in [1.29, 1.82) is 0 Å². The average molecular weight is 198 g/mol. The van der Waals surface area contributed by atoms with Crippen molar-refractivity contribution in [3.05, 3.63) is 28.5 Å². The summed E-state index contributed by atoms with van der Waals surface area (Å²) in [6.07, 6.45) is 5.45. The van der Waals surface area contributed by atoms with Gasteiger partial charge in [0, 0.05) is 4.88 Å². The zero-order valence-electron chi connectivity index (χ0n) is 9.50. The standard InChI is InChI=1S/C8H10S.2C2H6/c1-2-3-5-8-6-4-7-9-8;2*1-2/h3-7H,2H2,1H3;2*1-2H3/b5-3+;;. The minimum Gasteiger partial charge on any atom is -0.144 e. The van der Waals surface area contributed by atoms with Crippen molar-refractivity contribution in [1.82, 2.24) is 0 Å². The highest BCUT2D eigenvalue weighted by Gasteiger charge is 1.81. The van der Waals surface area contributed by atoms with Crippen LogP contribution in [0.15, 0.2) is 23.6 Å². The second-order valence-corrected chi connectivity index (χ2v) is 2.81. The maximum Gasteiger partial charge on any atom is 0.0267 e. The van der Waals surface area contributed by atoms with E-state index in [2.05, 4.69) is 36.6 Å². The Morgan fingerprint density at radius 1 is 1.23 bits per heavy atom. The Hall–Kier alpha value is -0.560. The van der Waals surface area contributed by atoms with Crippen LogP contribution in [-0.2, 0) is 0 Å². The van der Waals surface area contributed by atoms with Gasteiger partial charge in [-0.2, -0.15) is 0 Å². The average Bonchev–Trinajstić information content (AvgIpc) is 2.73. The molecule has 1 heteroatoms. The summed E-state index contributed by atoms with van der Waals surface area (Å²) >= 11 is 1.78. The normalized spacial score (nSPS) is 8.38. The largest absolute Gasteiger partial charge is 0.144 e. The van der Waals surface area contributed by atoms with Crippen LogP contribution in [-0.4, -0.2) is 0 Å². The van der Waals surface area contributed by atoms with E-state index in [1.807, 2.05) is 27.7 Å². The van der Waals surface area contributed by atoms with Gasteiger partial charge in [-0.15, -0.1) is 11.3 Å². The van der Waals surface area contributed by atoms with Crippen LogP contribution in [0.3, 0.4) is 0 Å². The van der Waals surface area contributed by atoms with E-state index >= 15 is 0 Å². The number of allylic oxidation sites excluding steroid dienone is 1. The summed E-state index contributed by atoms with van der Waals surface area (Å²) in [5.41, 5.74) is 0. The van der Waals surface area contributed by atoms with Crippen molar-refractivity contribution >= 4 is 17.4 Å². The highest BCUT2D eigenvalue weighted by Crippen LogP contribution is 2.10. The number of rotatable bonds is 2. The highest BCUT2D eigenvalue weighted by atomic mass is 32.1. The Labute approximate surface area is 87.3 Å². The van der Waals surface area contributed by atoms with Gasteiger partial charge >= 0.3 is 0 Å². The molecular weight excluding hydrogens is 176 g/mol. The Balaban J connectivity index is 0. The highest BCUT2D eigenvalue weighted by molar-refractivity contribution is 7.10. The molecule has 0 radical (unpaired) electrons. The Morgan fingerprint density at radius 3 is 2.23 bits per heavy atom. The molecule has 0 fully saturated rings. The molecule has 1 rings (SSSR count). The molecule has 76 valence electrons. The Bertz CT molecular complexity index is 173. The molecule has 0 aliphatic heterocycles. The lowest BCUT2D eigenvalue weighted by Gasteiger charge is -1.78. The van der Waals surface area contributed by atoms with E-state index in [0.717, 1.165) is 6.42 Å². The van der Waals surface area contributed by atoms with Crippen molar-refractivity contribution in [2.24, 2.45) is 0 Å². The van der Waals surface area contributed by atoms with Crippen molar-refractivity contribution in [2.45, 2.75) is 41.0 Å². The molecule has 0 atom stereocenters. The topological polar surface area (TPSA) is 0 Å². The van der Waals surface area contributed by atoms with Gasteiger partial charge in [0.2, 0.25) is 0 Å². The summed E-state index contributed by atoms with van der Waals surface area (Å²) < 4.78 is 0. The molecule has 1 heterocycles. The number of hydrogen-bond donors (Lipinski definition) is 0. The fourth-order valence-corrected chi connectivity index (χ4v) is 1.27. The van der Waals surface area contributed by atoms with Gasteiger partial charge in [-0.3, -0.25) is 0 Å². The molecule has 0 spiro atoms. The molecule has 0 amide bonds. The van der Waals surface area contributed by atoms with E-state index in [-0.39, 0.29) is 0 Å².